The third-order valence-corrected chi connectivity index (χ3v) is 2.17. The predicted octanol–water partition coefficient (Wildman–Crippen LogP) is 2.04. The Balaban J connectivity index is 2.35. The van der Waals surface area contributed by atoms with E-state index in [4.69, 9.17) is 4.74 Å². The van der Waals surface area contributed by atoms with Gasteiger partial charge in [-0.1, -0.05) is 18.2 Å². The second-order valence-corrected chi connectivity index (χ2v) is 3.28. The zero-order valence-electron chi connectivity index (χ0n) is 8.93. The molecule has 1 heterocycles. The molecule has 0 radical (unpaired) electrons. The van der Waals surface area contributed by atoms with Crippen molar-refractivity contribution >= 4 is 23.9 Å². The van der Waals surface area contributed by atoms with Gasteiger partial charge in [-0.15, -0.1) is 0 Å². The molecule has 0 aromatic heterocycles. The van der Waals surface area contributed by atoms with E-state index in [0.29, 0.717) is 12.2 Å². The molecule has 4 nitrogen and oxygen atoms in total. The van der Waals surface area contributed by atoms with Crippen LogP contribution in [0, 0.1) is 0 Å². The van der Waals surface area contributed by atoms with Crippen LogP contribution in [0.2, 0.25) is 0 Å². The molecule has 1 aromatic rings. The number of hydrogen-bond donors (Lipinski definition) is 1. The molecule has 4 heteroatoms. The molecule has 0 aliphatic carbocycles. The lowest BCUT2D eigenvalue weighted by Crippen LogP contribution is -2.08. The molecule has 0 fully saturated rings. The van der Waals surface area contributed by atoms with Gasteiger partial charge in [0.25, 0.3) is 0 Å². The van der Waals surface area contributed by atoms with Crippen LogP contribution in [-0.4, -0.2) is 18.8 Å². The van der Waals surface area contributed by atoms with Crippen molar-refractivity contribution in [2.75, 3.05) is 12.0 Å². The van der Waals surface area contributed by atoms with Crippen LogP contribution in [0.3, 0.4) is 0 Å². The number of ether oxygens (including phenoxy) is 1. The standard InChI is InChI=1S/C12H12N2O2/c1-2-16-12(15)10-7-9-5-3-4-6-11(9)14-13-8-10/h3-8,14H,2H2,1H3. The summed E-state index contributed by atoms with van der Waals surface area (Å²) in [6.45, 7) is 2.14. The molecule has 0 spiro atoms. The minimum absolute atomic E-state index is 0.357. The average Bonchev–Trinajstić information content (AvgIpc) is 2.51. The quantitative estimate of drug-likeness (QED) is 0.770. The summed E-state index contributed by atoms with van der Waals surface area (Å²) in [6, 6.07) is 7.63. The van der Waals surface area contributed by atoms with Crippen molar-refractivity contribution in [2.24, 2.45) is 5.10 Å². The number of anilines is 1. The van der Waals surface area contributed by atoms with E-state index >= 15 is 0 Å². The van der Waals surface area contributed by atoms with Crippen molar-refractivity contribution in [1.82, 2.24) is 0 Å². The summed E-state index contributed by atoms with van der Waals surface area (Å²) in [7, 11) is 0. The number of fused-ring (bicyclic) bond motifs is 1. The third-order valence-electron chi connectivity index (χ3n) is 2.17. The summed E-state index contributed by atoms with van der Waals surface area (Å²) in [4.78, 5) is 11.6. The molecule has 16 heavy (non-hydrogen) atoms. The van der Waals surface area contributed by atoms with Gasteiger partial charge in [0.1, 0.15) is 0 Å². The second kappa shape index (κ2) is 4.61. The molecular weight excluding hydrogens is 204 g/mol. The molecule has 1 N–H and O–H groups in total. The molecule has 0 bridgehead atoms. The molecule has 0 unspecified atom stereocenters. The van der Waals surface area contributed by atoms with Gasteiger partial charge in [-0.3, -0.25) is 5.43 Å². The number of carbonyl (C=O) groups is 1. The van der Waals surface area contributed by atoms with Crippen LogP contribution in [-0.2, 0) is 9.53 Å². The lowest BCUT2D eigenvalue weighted by Gasteiger charge is -2.02. The Morgan fingerprint density at radius 3 is 3.06 bits per heavy atom. The number of para-hydroxylation sites is 1. The highest BCUT2D eigenvalue weighted by molar-refractivity contribution is 6.14. The number of benzene rings is 1. The second-order valence-electron chi connectivity index (χ2n) is 3.28. The van der Waals surface area contributed by atoms with Gasteiger partial charge >= 0.3 is 5.97 Å². The molecule has 1 aromatic carbocycles. The summed E-state index contributed by atoms with van der Waals surface area (Å²) < 4.78 is 4.93. The van der Waals surface area contributed by atoms with Crippen molar-refractivity contribution in [2.45, 2.75) is 6.92 Å². The first-order chi connectivity index (χ1) is 7.81. The van der Waals surface area contributed by atoms with Gasteiger partial charge in [0.05, 0.1) is 24.1 Å². The predicted molar refractivity (Wildman–Crippen MR) is 63.2 cm³/mol. The Bertz CT molecular complexity index is 464. The third kappa shape index (κ3) is 2.11. The maximum atomic E-state index is 11.6. The number of rotatable bonds is 2. The summed E-state index contributed by atoms with van der Waals surface area (Å²) in [6.07, 6.45) is 3.23. The number of hydrazone groups is 1. The average molecular weight is 216 g/mol. The first-order valence-electron chi connectivity index (χ1n) is 5.08. The Morgan fingerprint density at radius 2 is 2.25 bits per heavy atom. The van der Waals surface area contributed by atoms with Crippen molar-refractivity contribution in [3.63, 3.8) is 0 Å². The number of nitrogens with zero attached hydrogens (tertiary/aromatic N) is 1. The van der Waals surface area contributed by atoms with E-state index in [2.05, 4.69) is 10.5 Å². The molecule has 2 rings (SSSR count). The zero-order chi connectivity index (χ0) is 11.4. The van der Waals surface area contributed by atoms with Gasteiger partial charge in [0.15, 0.2) is 0 Å². The van der Waals surface area contributed by atoms with Gasteiger partial charge in [-0.2, -0.15) is 5.10 Å². The van der Waals surface area contributed by atoms with Crippen molar-refractivity contribution < 1.29 is 9.53 Å². The lowest BCUT2D eigenvalue weighted by atomic mass is 10.1. The number of nitrogens with one attached hydrogen (secondary N) is 1. The lowest BCUT2D eigenvalue weighted by molar-refractivity contribution is -0.137. The van der Waals surface area contributed by atoms with Gasteiger partial charge in [-0.05, 0) is 19.1 Å². The summed E-state index contributed by atoms with van der Waals surface area (Å²) in [5, 5.41) is 3.95. The number of carbonyl (C=O) groups excluding carboxylic acids is 1. The first kappa shape index (κ1) is 10.4. The number of esters is 1. The van der Waals surface area contributed by atoms with E-state index in [1.54, 1.807) is 13.0 Å². The highest BCUT2D eigenvalue weighted by Crippen LogP contribution is 2.20. The van der Waals surface area contributed by atoms with Crippen LogP contribution < -0.4 is 5.43 Å². The Labute approximate surface area is 93.6 Å². The molecule has 0 saturated carbocycles. The summed E-state index contributed by atoms with van der Waals surface area (Å²) in [5.41, 5.74) is 5.10. The molecule has 82 valence electrons. The van der Waals surface area contributed by atoms with Crippen LogP contribution >= 0.6 is 0 Å². The highest BCUT2D eigenvalue weighted by atomic mass is 16.5. The van der Waals surface area contributed by atoms with Crippen LogP contribution in [0.25, 0.3) is 6.08 Å². The van der Waals surface area contributed by atoms with Gasteiger partial charge < -0.3 is 4.74 Å². The van der Waals surface area contributed by atoms with Gasteiger partial charge in [0.2, 0.25) is 0 Å². The SMILES string of the molecule is CCOC(=O)C1=Cc2ccccc2NN=C1. The Morgan fingerprint density at radius 1 is 1.44 bits per heavy atom. The molecule has 1 aliphatic rings. The fourth-order valence-electron chi connectivity index (χ4n) is 1.43. The van der Waals surface area contributed by atoms with Crippen LogP contribution in [0.1, 0.15) is 12.5 Å². The summed E-state index contributed by atoms with van der Waals surface area (Å²) >= 11 is 0. The van der Waals surface area contributed by atoms with Crippen LogP contribution in [0.15, 0.2) is 34.9 Å². The van der Waals surface area contributed by atoms with E-state index in [9.17, 15) is 4.79 Å². The van der Waals surface area contributed by atoms with E-state index in [0.717, 1.165) is 11.3 Å². The minimum atomic E-state index is -0.357. The van der Waals surface area contributed by atoms with E-state index < -0.39 is 0 Å². The fourth-order valence-corrected chi connectivity index (χ4v) is 1.43. The van der Waals surface area contributed by atoms with E-state index in [1.165, 1.54) is 6.21 Å². The van der Waals surface area contributed by atoms with E-state index in [-0.39, 0.29) is 5.97 Å². The van der Waals surface area contributed by atoms with Crippen LogP contribution in [0.5, 0.6) is 0 Å². The smallest absolute Gasteiger partial charge is 0.339 e. The maximum Gasteiger partial charge on any atom is 0.339 e. The Kier molecular flexibility index (Phi) is 3.00. The normalized spacial score (nSPS) is 13.2. The first-order valence-corrected chi connectivity index (χ1v) is 5.08. The monoisotopic (exact) mass is 216 g/mol. The fraction of sp³-hybridized carbons (Fsp3) is 0.167. The van der Waals surface area contributed by atoms with Crippen LogP contribution in [0.4, 0.5) is 5.69 Å². The molecule has 0 amide bonds. The topological polar surface area (TPSA) is 50.7 Å². The largest absolute Gasteiger partial charge is 0.462 e. The minimum Gasteiger partial charge on any atom is -0.462 e. The summed E-state index contributed by atoms with van der Waals surface area (Å²) in [5.74, 6) is -0.357. The Hall–Kier alpha value is -2.10. The molecular formula is C12H12N2O2. The molecule has 0 atom stereocenters. The van der Waals surface area contributed by atoms with E-state index in [1.807, 2.05) is 24.3 Å². The zero-order valence-corrected chi connectivity index (χ0v) is 8.93. The van der Waals surface area contributed by atoms with Crippen molar-refractivity contribution in [1.29, 1.82) is 0 Å². The highest BCUT2D eigenvalue weighted by Gasteiger charge is 2.11. The van der Waals surface area contributed by atoms with Gasteiger partial charge in [0, 0.05) is 5.56 Å². The maximum absolute atomic E-state index is 11.6. The van der Waals surface area contributed by atoms with Gasteiger partial charge in [-0.25, -0.2) is 4.79 Å². The van der Waals surface area contributed by atoms with Crippen molar-refractivity contribution in [3.8, 4) is 0 Å². The number of hydrogen-bond acceptors (Lipinski definition) is 4. The molecule has 1 aliphatic heterocycles. The molecule has 0 saturated heterocycles. The van der Waals surface area contributed by atoms with Crippen molar-refractivity contribution in [3.05, 3.63) is 35.4 Å².